The Morgan fingerprint density at radius 2 is 2.06 bits per heavy atom. The second-order valence-corrected chi connectivity index (χ2v) is 5.89. The first kappa shape index (κ1) is 15.0. The molecule has 0 aliphatic heterocycles. The van der Waals surface area contributed by atoms with E-state index in [1.165, 1.54) is 11.8 Å². The smallest absolute Gasteiger partial charge is 0.367 e. The summed E-state index contributed by atoms with van der Waals surface area (Å²) < 4.78 is 5.40. The zero-order valence-electron chi connectivity index (χ0n) is 10.6. The topological polar surface area (TPSA) is 78.2 Å². The van der Waals surface area contributed by atoms with E-state index in [2.05, 4.69) is 9.97 Å². The molecule has 1 rings (SSSR count). The van der Waals surface area contributed by atoms with Crippen LogP contribution in [0.3, 0.4) is 0 Å². The summed E-state index contributed by atoms with van der Waals surface area (Å²) in [6, 6.07) is 0. The number of ether oxygens (including phenoxy) is 1. The van der Waals surface area contributed by atoms with Gasteiger partial charge in [0.15, 0.2) is 5.16 Å². The van der Waals surface area contributed by atoms with Gasteiger partial charge in [0, 0.05) is 0 Å². The average Bonchev–Trinajstić information content (AvgIpc) is 2.23. The van der Waals surface area contributed by atoms with Crippen LogP contribution >= 0.6 is 23.4 Å². The molecule has 0 aliphatic rings. The molecule has 0 aromatic carbocycles. The van der Waals surface area contributed by atoms with Gasteiger partial charge < -0.3 is 4.74 Å². The Morgan fingerprint density at radius 1 is 1.44 bits per heavy atom. The lowest BCUT2D eigenvalue weighted by atomic mass is 9.99. The third-order valence-corrected chi connectivity index (χ3v) is 2.61. The van der Waals surface area contributed by atoms with Crippen molar-refractivity contribution in [3.63, 3.8) is 0 Å². The normalized spacial score (nSPS) is 11.4. The van der Waals surface area contributed by atoms with Gasteiger partial charge >= 0.3 is 5.69 Å². The minimum absolute atomic E-state index is 0.0840. The molecule has 0 fully saturated rings. The van der Waals surface area contributed by atoms with E-state index < -0.39 is 10.6 Å². The first-order chi connectivity index (χ1) is 8.24. The molecule has 100 valence electrons. The van der Waals surface area contributed by atoms with Crippen molar-refractivity contribution in [1.82, 2.24) is 9.97 Å². The zero-order valence-corrected chi connectivity index (χ0v) is 12.1. The molecule has 0 unspecified atom stereocenters. The standard InChI is InChI=1S/C10H14ClN3O3S/c1-10(2,3)5-17-8-6(14(15)16)7(11)12-9(13-8)18-4/h5H2,1-4H3. The van der Waals surface area contributed by atoms with Gasteiger partial charge in [-0.05, 0) is 11.7 Å². The van der Waals surface area contributed by atoms with Gasteiger partial charge in [-0.25, -0.2) is 4.98 Å². The molecular weight excluding hydrogens is 278 g/mol. The second kappa shape index (κ2) is 5.71. The molecule has 0 amide bonds. The SMILES string of the molecule is CSc1nc(Cl)c([N+](=O)[O-])c(OCC(C)(C)C)n1. The Bertz CT molecular complexity index is 462. The minimum Gasteiger partial charge on any atom is -0.472 e. The molecule has 0 spiro atoms. The van der Waals surface area contributed by atoms with Crippen LogP contribution < -0.4 is 4.74 Å². The fourth-order valence-electron chi connectivity index (χ4n) is 1.02. The van der Waals surface area contributed by atoms with Gasteiger partial charge in [-0.2, -0.15) is 4.98 Å². The largest absolute Gasteiger partial charge is 0.472 e. The van der Waals surface area contributed by atoms with Gasteiger partial charge in [0.05, 0.1) is 11.5 Å². The highest BCUT2D eigenvalue weighted by molar-refractivity contribution is 7.98. The summed E-state index contributed by atoms with van der Waals surface area (Å²) in [5.41, 5.74) is -0.524. The molecule has 0 N–H and O–H groups in total. The van der Waals surface area contributed by atoms with Crippen molar-refractivity contribution in [2.45, 2.75) is 25.9 Å². The number of halogens is 1. The molecule has 8 heteroatoms. The van der Waals surface area contributed by atoms with Gasteiger partial charge in [0.25, 0.3) is 5.88 Å². The van der Waals surface area contributed by atoms with Gasteiger partial charge in [0.1, 0.15) is 0 Å². The van der Waals surface area contributed by atoms with Crippen molar-refractivity contribution < 1.29 is 9.66 Å². The Hall–Kier alpha value is -1.08. The number of thioether (sulfide) groups is 1. The van der Waals surface area contributed by atoms with E-state index in [1.54, 1.807) is 6.26 Å². The van der Waals surface area contributed by atoms with E-state index in [4.69, 9.17) is 16.3 Å². The number of rotatable bonds is 4. The van der Waals surface area contributed by atoms with E-state index in [9.17, 15) is 10.1 Å². The second-order valence-electron chi connectivity index (χ2n) is 4.76. The lowest BCUT2D eigenvalue weighted by Crippen LogP contribution is -2.18. The van der Waals surface area contributed by atoms with Gasteiger partial charge in [-0.1, -0.05) is 44.1 Å². The van der Waals surface area contributed by atoms with E-state index in [0.717, 1.165) is 0 Å². The molecule has 0 bridgehead atoms. The van der Waals surface area contributed by atoms with Gasteiger partial charge in [0.2, 0.25) is 5.15 Å². The highest BCUT2D eigenvalue weighted by Crippen LogP contribution is 2.33. The Balaban J connectivity index is 3.13. The van der Waals surface area contributed by atoms with Crippen LogP contribution in [0.15, 0.2) is 5.16 Å². The molecule has 1 heterocycles. The Kier molecular flexibility index (Phi) is 4.75. The number of hydrogen-bond acceptors (Lipinski definition) is 6. The fourth-order valence-corrected chi connectivity index (χ4v) is 1.66. The van der Waals surface area contributed by atoms with Gasteiger partial charge in [-0.15, -0.1) is 0 Å². The van der Waals surface area contributed by atoms with Crippen LogP contribution in [0.25, 0.3) is 0 Å². The minimum atomic E-state index is -0.634. The zero-order chi connectivity index (χ0) is 13.9. The van der Waals surface area contributed by atoms with Crippen molar-refractivity contribution in [2.75, 3.05) is 12.9 Å². The van der Waals surface area contributed by atoms with E-state index in [-0.39, 0.29) is 16.4 Å². The first-order valence-electron chi connectivity index (χ1n) is 5.13. The lowest BCUT2D eigenvalue weighted by molar-refractivity contribution is -0.386. The van der Waals surface area contributed by atoms with Crippen LogP contribution in [-0.2, 0) is 0 Å². The van der Waals surface area contributed by atoms with Crippen LogP contribution in [0.1, 0.15) is 20.8 Å². The molecule has 6 nitrogen and oxygen atoms in total. The summed E-state index contributed by atoms with van der Waals surface area (Å²) in [5.74, 6) is -0.0840. The molecule has 0 saturated carbocycles. The lowest BCUT2D eigenvalue weighted by Gasteiger charge is -2.18. The molecule has 1 aromatic heterocycles. The van der Waals surface area contributed by atoms with E-state index in [0.29, 0.717) is 11.8 Å². The van der Waals surface area contributed by atoms with Crippen LogP contribution in [-0.4, -0.2) is 27.8 Å². The summed E-state index contributed by atoms with van der Waals surface area (Å²) in [6.07, 6.45) is 1.75. The van der Waals surface area contributed by atoms with Crippen LogP contribution in [0.2, 0.25) is 5.15 Å². The Morgan fingerprint density at radius 3 is 2.50 bits per heavy atom. The molecule has 0 aliphatic carbocycles. The fraction of sp³-hybridized carbons (Fsp3) is 0.600. The van der Waals surface area contributed by atoms with Crippen molar-refractivity contribution in [3.8, 4) is 5.88 Å². The number of hydrogen-bond donors (Lipinski definition) is 0. The highest BCUT2D eigenvalue weighted by atomic mass is 35.5. The van der Waals surface area contributed by atoms with Crippen molar-refractivity contribution >= 4 is 29.1 Å². The first-order valence-corrected chi connectivity index (χ1v) is 6.73. The predicted molar refractivity (Wildman–Crippen MR) is 70.4 cm³/mol. The maximum Gasteiger partial charge on any atom is 0.367 e. The summed E-state index contributed by atoms with van der Waals surface area (Å²) in [7, 11) is 0. The number of nitro groups is 1. The van der Waals surface area contributed by atoms with E-state index in [1.807, 2.05) is 20.8 Å². The Labute approximate surface area is 114 Å². The molecule has 0 atom stereocenters. The van der Waals surface area contributed by atoms with Gasteiger partial charge in [-0.3, -0.25) is 10.1 Å². The number of aromatic nitrogens is 2. The predicted octanol–water partition coefficient (Wildman–Crippen LogP) is 3.19. The van der Waals surface area contributed by atoms with Crippen LogP contribution in [0.4, 0.5) is 5.69 Å². The average molecular weight is 292 g/mol. The van der Waals surface area contributed by atoms with Crippen molar-refractivity contribution in [2.24, 2.45) is 5.41 Å². The maximum absolute atomic E-state index is 10.9. The molecular formula is C10H14ClN3O3S. The molecule has 0 radical (unpaired) electrons. The van der Waals surface area contributed by atoms with Crippen molar-refractivity contribution in [3.05, 3.63) is 15.3 Å². The van der Waals surface area contributed by atoms with Crippen LogP contribution in [0, 0.1) is 15.5 Å². The molecule has 1 aromatic rings. The number of nitrogens with zero attached hydrogens (tertiary/aromatic N) is 3. The molecule has 18 heavy (non-hydrogen) atoms. The van der Waals surface area contributed by atoms with Crippen molar-refractivity contribution in [1.29, 1.82) is 0 Å². The monoisotopic (exact) mass is 291 g/mol. The summed E-state index contributed by atoms with van der Waals surface area (Å²) in [6.45, 7) is 6.17. The summed E-state index contributed by atoms with van der Waals surface area (Å²) in [4.78, 5) is 18.1. The van der Waals surface area contributed by atoms with Crippen LogP contribution in [0.5, 0.6) is 5.88 Å². The van der Waals surface area contributed by atoms with E-state index >= 15 is 0 Å². The quantitative estimate of drug-likeness (QED) is 0.279. The third kappa shape index (κ3) is 3.99. The maximum atomic E-state index is 10.9. The third-order valence-electron chi connectivity index (χ3n) is 1.80. The molecule has 0 saturated heterocycles. The highest BCUT2D eigenvalue weighted by Gasteiger charge is 2.26. The summed E-state index contributed by atoms with van der Waals surface area (Å²) in [5, 5.41) is 11.1. The summed E-state index contributed by atoms with van der Waals surface area (Å²) >= 11 is 7.01.